The number of carbonyl (C=O) groups is 1. The first-order valence-corrected chi connectivity index (χ1v) is 8.32. The van der Waals surface area contributed by atoms with Crippen LogP contribution in [0.3, 0.4) is 0 Å². The maximum Gasteiger partial charge on any atom is 0.219 e. The van der Waals surface area contributed by atoms with E-state index in [1.54, 1.807) is 6.92 Å². The third-order valence-electron chi connectivity index (χ3n) is 4.37. The summed E-state index contributed by atoms with van der Waals surface area (Å²) in [5.41, 5.74) is 0.937. The Morgan fingerprint density at radius 3 is 2.91 bits per heavy atom. The Morgan fingerprint density at radius 1 is 1.30 bits per heavy atom. The summed E-state index contributed by atoms with van der Waals surface area (Å²) in [7, 11) is 0. The molecule has 0 aromatic carbocycles. The first kappa shape index (κ1) is 16.1. The molecule has 0 spiro atoms. The molecular weight excluding hydrogens is 294 g/mol. The van der Waals surface area contributed by atoms with Crippen LogP contribution < -0.4 is 10.2 Å². The Balaban J connectivity index is 1.76. The summed E-state index contributed by atoms with van der Waals surface area (Å²) >= 11 is 0. The van der Waals surface area contributed by atoms with Gasteiger partial charge in [-0.05, 0) is 13.3 Å². The van der Waals surface area contributed by atoms with E-state index in [1.807, 2.05) is 17.9 Å². The summed E-state index contributed by atoms with van der Waals surface area (Å²) in [5.74, 6) is 1.85. The van der Waals surface area contributed by atoms with Gasteiger partial charge < -0.3 is 19.9 Å². The van der Waals surface area contributed by atoms with E-state index in [1.165, 1.54) is 0 Å². The van der Waals surface area contributed by atoms with Crippen LogP contribution in [0, 0.1) is 6.92 Å². The molecule has 1 amide bonds. The molecule has 1 atom stereocenters. The molecule has 2 aliphatic rings. The number of aromatic nitrogens is 2. The number of nitrogens with zero attached hydrogens (tertiary/aromatic N) is 4. The quantitative estimate of drug-likeness (QED) is 0.856. The molecule has 7 heteroatoms. The molecular formula is C16H25N5O2. The van der Waals surface area contributed by atoms with E-state index in [9.17, 15) is 4.79 Å². The molecule has 23 heavy (non-hydrogen) atoms. The van der Waals surface area contributed by atoms with E-state index in [-0.39, 0.29) is 12.0 Å². The third kappa shape index (κ3) is 3.97. The second-order valence-electron chi connectivity index (χ2n) is 6.11. The monoisotopic (exact) mass is 319 g/mol. The zero-order valence-electron chi connectivity index (χ0n) is 13.9. The van der Waals surface area contributed by atoms with Crippen molar-refractivity contribution in [1.29, 1.82) is 0 Å². The number of ether oxygens (including phenoxy) is 1. The number of amides is 1. The van der Waals surface area contributed by atoms with Crippen molar-refractivity contribution >= 4 is 11.7 Å². The highest BCUT2D eigenvalue weighted by molar-refractivity contribution is 5.73. The highest BCUT2D eigenvalue weighted by Gasteiger charge is 2.22. The summed E-state index contributed by atoms with van der Waals surface area (Å²) < 4.78 is 5.81. The fourth-order valence-electron chi connectivity index (χ4n) is 3.12. The molecule has 2 fully saturated rings. The normalized spacial score (nSPS) is 22.8. The van der Waals surface area contributed by atoms with Gasteiger partial charge in [0.2, 0.25) is 5.91 Å². The molecule has 0 radical (unpaired) electrons. The van der Waals surface area contributed by atoms with Crippen molar-refractivity contribution < 1.29 is 9.53 Å². The van der Waals surface area contributed by atoms with E-state index in [0.29, 0.717) is 6.61 Å². The first-order valence-electron chi connectivity index (χ1n) is 8.32. The molecule has 3 heterocycles. The minimum absolute atomic E-state index is 0.00936. The number of aryl methyl sites for hydroxylation is 1. The number of hydrogen-bond donors (Lipinski definition) is 1. The lowest BCUT2D eigenvalue weighted by Crippen LogP contribution is -2.35. The van der Waals surface area contributed by atoms with Crippen molar-refractivity contribution in [3.05, 3.63) is 17.6 Å². The van der Waals surface area contributed by atoms with Crippen LogP contribution in [-0.4, -0.2) is 66.7 Å². The highest BCUT2D eigenvalue weighted by Crippen LogP contribution is 2.22. The van der Waals surface area contributed by atoms with E-state index in [0.717, 1.165) is 63.0 Å². The van der Waals surface area contributed by atoms with Gasteiger partial charge in [-0.15, -0.1) is 0 Å². The Labute approximate surface area is 137 Å². The molecule has 0 saturated carbocycles. The molecule has 2 saturated heterocycles. The average Bonchev–Trinajstić information content (AvgIpc) is 2.81. The van der Waals surface area contributed by atoms with Gasteiger partial charge in [0.05, 0.1) is 12.3 Å². The topological polar surface area (TPSA) is 70.6 Å². The molecule has 0 bridgehead atoms. The zero-order chi connectivity index (χ0) is 16.2. The fourth-order valence-corrected chi connectivity index (χ4v) is 3.12. The number of morpholine rings is 1. The van der Waals surface area contributed by atoms with Gasteiger partial charge in [0.15, 0.2) is 0 Å². The smallest absolute Gasteiger partial charge is 0.219 e. The van der Waals surface area contributed by atoms with Crippen LogP contribution in [0.25, 0.3) is 0 Å². The number of rotatable bonds is 2. The van der Waals surface area contributed by atoms with Gasteiger partial charge in [-0.2, -0.15) is 0 Å². The molecule has 2 aliphatic heterocycles. The Hall–Kier alpha value is -1.73. The lowest BCUT2D eigenvalue weighted by molar-refractivity contribution is -0.128. The van der Waals surface area contributed by atoms with Gasteiger partial charge in [0, 0.05) is 52.3 Å². The summed E-state index contributed by atoms with van der Waals surface area (Å²) in [5, 5.41) is 3.34. The second kappa shape index (κ2) is 7.23. The molecule has 126 valence electrons. The fraction of sp³-hybridized carbons (Fsp3) is 0.688. The number of nitrogens with one attached hydrogen (secondary N) is 1. The SMILES string of the molecule is CC(=O)N1CCCN(c2cc(C3CNCCO3)nc(C)n2)CC1. The van der Waals surface area contributed by atoms with Crippen molar-refractivity contribution in [1.82, 2.24) is 20.2 Å². The largest absolute Gasteiger partial charge is 0.369 e. The summed E-state index contributed by atoms with van der Waals surface area (Å²) in [6.07, 6.45) is 0.948. The number of hydrogen-bond acceptors (Lipinski definition) is 6. The third-order valence-corrected chi connectivity index (χ3v) is 4.37. The van der Waals surface area contributed by atoms with E-state index in [4.69, 9.17) is 4.74 Å². The lowest BCUT2D eigenvalue weighted by Gasteiger charge is -2.26. The average molecular weight is 319 g/mol. The highest BCUT2D eigenvalue weighted by atomic mass is 16.5. The van der Waals surface area contributed by atoms with Gasteiger partial charge in [-0.3, -0.25) is 4.79 Å². The van der Waals surface area contributed by atoms with Gasteiger partial charge in [0.25, 0.3) is 0 Å². The first-order chi connectivity index (χ1) is 11.1. The Bertz CT molecular complexity index is 559. The standard InChI is InChI=1S/C16H25N5O2/c1-12-18-14(15-11-17-4-9-23-15)10-16(19-12)21-6-3-5-20(7-8-21)13(2)22/h10,15,17H,3-9,11H2,1-2H3. The van der Waals surface area contributed by atoms with Crippen molar-refractivity contribution in [3.63, 3.8) is 0 Å². The van der Waals surface area contributed by atoms with Crippen molar-refractivity contribution in [3.8, 4) is 0 Å². The molecule has 0 aliphatic carbocycles. The van der Waals surface area contributed by atoms with Gasteiger partial charge in [-0.1, -0.05) is 0 Å². The maximum absolute atomic E-state index is 11.6. The molecule has 3 rings (SSSR count). The van der Waals surface area contributed by atoms with Crippen LogP contribution in [0.4, 0.5) is 5.82 Å². The maximum atomic E-state index is 11.6. The number of carbonyl (C=O) groups excluding carboxylic acids is 1. The zero-order valence-corrected chi connectivity index (χ0v) is 13.9. The Kier molecular flexibility index (Phi) is 5.07. The van der Waals surface area contributed by atoms with Crippen LogP contribution in [0.2, 0.25) is 0 Å². The predicted molar refractivity (Wildman–Crippen MR) is 87.4 cm³/mol. The van der Waals surface area contributed by atoms with Crippen molar-refractivity contribution in [2.45, 2.75) is 26.4 Å². The van der Waals surface area contributed by atoms with Crippen LogP contribution >= 0.6 is 0 Å². The Morgan fingerprint density at radius 2 is 2.17 bits per heavy atom. The van der Waals surface area contributed by atoms with Gasteiger partial charge in [0.1, 0.15) is 17.7 Å². The number of anilines is 1. The van der Waals surface area contributed by atoms with Crippen LogP contribution in [0.15, 0.2) is 6.07 Å². The molecule has 1 N–H and O–H groups in total. The van der Waals surface area contributed by atoms with E-state index < -0.39 is 0 Å². The van der Waals surface area contributed by atoms with Crippen LogP contribution in [0.1, 0.15) is 31.0 Å². The van der Waals surface area contributed by atoms with Gasteiger partial charge in [-0.25, -0.2) is 9.97 Å². The van der Waals surface area contributed by atoms with Crippen molar-refractivity contribution in [2.75, 3.05) is 50.8 Å². The molecule has 1 unspecified atom stereocenters. The van der Waals surface area contributed by atoms with E-state index in [2.05, 4.69) is 20.2 Å². The second-order valence-corrected chi connectivity index (χ2v) is 6.11. The summed E-state index contributed by atoms with van der Waals surface area (Å²) in [4.78, 5) is 24.9. The molecule has 1 aromatic rings. The lowest BCUT2D eigenvalue weighted by atomic mass is 10.2. The van der Waals surface area contributed by atoms with Crippen LogP contribution in [-0.2, 0) is 9.53 Å². The minimum Gasteiger partial charge on any atom is -0.369 e. The predicted octanol–water partition coefficient (Wildman–Crippen LogP) is 0.505. The molecule has 7 nitrogen and oxygen atoms in total. The summed E-state index contributed by atoms with van der Waals surface area (Å²) in [6, 6.07) is 2.04. The summed E-state index contributed by atoms with van der Waals surface area (Å²) in [6.45, 7) is 9.21. The van der Waals surface area contributed by atoms with Gasteiger partial charge >= 0.3 is 0 Å². The van der Waals surface area contributed by atoms with E-state index >= 15 is 0 Å². The molecule has 1 aromatic heterocycles. The minimum atomic E-state index is -0.00936. The van der Waals surface area contributed by atoms with Crippen LogP contribution in [0.5, 0.6) is 0 Å². The van der Waals surface area contributed by atoms with Crippen molar-refractivity contribution in [2.24, 2.45) is 0 Å².